The number of carbonyl (C=O) groups excluding carboxylic acids is 1. The average molecular weight is 822 g/mol. The minimum absolute atomic E-state index is 0.286. The highest BCUT2D eigenvalue weighted by molar-refractivity contribution is 7.85. The Morgan fingerprint density at radius 3 is 1.11 bits per heavy atom. The molecule has 0 heterocycles. The third kappa shape index (κ3) is 45.5. The van der Waals surface area contributed by atoms with Crippen LogP contribution in [0.5, 0.6) is 0 Å². The van der Waals surface area contributed by atoms with E-state index in [1.807, 2.05) is 6.08 Å². The molecule has 0 aromatic carbocycles. The molecule has 7 heteroatoms. The van der Waals surface area contributed by atoms with Gasteiger partial charge in [-0.2, -0.15) is 8.42 Å². The van der Waals surface area contributed by atoms with Crippen molar-refractivity contribution in [3.05, 3.63) is 36.5 Å². The van der Waals surface area contributed by atoms with Crippen LogP contribution < -0.4 is 5.32 Å². The number of allylic oxidation sites excluding steroid dienone is 5. The van der Waals surface area contributed by atoms with Crippen LogP contribution in [0.3, 0.4) is 0 Å². The first-order valence-corrected chi connectivity index (χ1v) is 26.3. The highest BCUT2D eigenvalue weighted by Gasteiger charge is 2.24. The molecular formula is C50H95NO5S. The number of amides is 1. The zero-order valence-electron chi connectivity index (χ0n) is 37.7. The molecule has 0 radical (unpaired) electrons. The molecule has 2 unspecified atom stereocenters. The standard InChI is InChI=1S/C50H95NO5S/c1-3-5-7-9-11-13-15-17-19-21-23-24-25-26-28-30-32-34-36-38-40-42-44-46-50(53)51-48(47-57(54,55)56)49(52)45-43-41-39-37-35-33-31-29-27-22-20-18-16-14-12-10-8-6-4-2/h21,23,35,37,43,45,48-49,52H,3-20,22,24-34,36,38-42,44,46-47H2,1-2H3,(H,51,53)(H,54,55,56)/b23-21-,37-35+,45-43+. The van der Waals surface area contributed by atoms with Crippen molar-refractivity contribution in [3.8, 4) is 0 Å². The fourth-order valence-corrected chi connectivity index (χ4v) is 8.31. The van der Waals surface area contributed by atoms with Crippen LogP contribution in [0.2, 0.25) is 0 Å². The SMILES string of the molecule is CCCCCCCCCC/C=C\CCCCCCCCCCCCCC(=O)NC(CS(=O)(=O)O)C(O)/C=C/CC/C=C/CCCCCCCCCCCCCCC. The summed E-state index contributed by atoms with van der Waals surface area (Å²) in [5.74, 6) is -0.995. The lowest BCUT2D eigenvalue weighted by Crippen LogP contribution is -2.46. The maximum atomic E-state index is 12.6. The summed E-state index contributed by atoms with van der Waals surface area (Å²) in [5, 5.41) is 13.3. The summed E-state index contributed by atoms with van der Waals surface area (Å²) in [6.45, 7) is 4.55. The Hall–Kier alpha value is -1.44. The number of hydrogen-bond acceptors (Lipinski definition) is 4. The first-order valence-electron chi connectivity index (χ1n) is 24.7. The molecular weight excluding hydrogens is 727 g/mol. The van der Waals surface area contributed by atoms with E-state index in [1.54, 1.807) is 0 Å². The first kappa shape index (κ1) is 55.6. The van der Waals surface area contributed by atoms with Gasteiger partial charge in [0.2, 0.25) is 5.91 Å². The Bertz CT molecular complexity index is 1040. The highest BCUT2D eigenvalue weighted by Crippen LogP contribution is 2.15. The third-order valence-corrected chi connectivity index (χ3v) is 12.1. The van der Waals surface area contributed by atoms with Gasteiger partial charge in [-0.3, -0.25) is 9.35 Å². The third-order valence-electron chi connectivity index (χ3n) is 11.3. The van der Waals surface area contributed by atoms with E-state index in [0.29, 0.717) is 0 Å². The van der Waals surface area contributed by atoms with Crippen molar-refractivity contribution >= 4 is 16.0 Å². The molecule has 2 atom stereocenters. The summed E-state index contributed by atoms with van der Waals surface area (Å²) in [5.41, 5.74) is 0. The van der Waals surface area contributed by atoms with E-state index in [4.69, 9.17) is 0 Å². The van der Waals surface area contributed by atoms with Crippen molar-refractivity contribution in [3.63, 3.8) is 0 Å². The van der Waals surface area contributed by atoms with Gasteiger partial charge in [0.05, 0.1) is 17.9 Å². The molecule has 0 spiro atoms. The molecule has 1 amide bonds. The van der Waals surface area contributed by atoms with Gasteiger partial charge >= 0.3 is 0 Å². The Morgan fingerprint density at radius 1 is 0.456 bits per heavy atom. The zero-order chi connectivity index (χ0) is 41.8. The maximum Gasteiger partial charge on any atom is 0.267 e. The number of carbonyl (C=O) groups is 1. The second-order valence-corrected chi connectivity index (χ2v) is 18.6. The molecule has 0 bridgehead atoms. The average Bonchev–Trinajstić information content (AvgIpc) is 3.18. The van der Waals surface area contributed by atoms with Crippen molar-refractivity contribution < 1.29 is 22.9 Å². The van der Waals surface area contributed by atoms with Crippen molar-refractivity contribution in [1.29, 1.82) is 0 Å². The largest absolute Gasteiger partial charge is 0.387 e. The topological polar surface area (TPSA) is 104 Å². The van der Waals surface area contributed by atoms with Crippen molar-refractivity contribution in [1.82, 2.24) is 5.32 Å². The molecule has 0 aliphatic carbocycles. The molecule has 0 aromatic rings. The molecule has 0 aliphatic rings. The van der Waals surface area contributed by atoms with Crippen LogP contribution in [-0.2, 0) is 14.9 Å². The quantitative estimate of drug-likeness (QED) is 0.0322. The normalized spacial score (nSPS) is 13.4. The highest BCUT2D eigenvalue weighted by atomic mass is 32.2. The lowest BCUT2D eigenvalue weighted by atomic mass is 10.0. The zero-order valence-corrected chi connectivity index (χ0v) is 38.5. The summed E-state index contributed by atoms with van der Waals surface area (Å²) < 4.78 is 32.6. The summed E-state index contributed by atoms with van der Waals surface area (Å²) in [6.07, 6.45) is 58.6. The van der Waals surface area contributed by atoms with Crippen molar-refractivity contribution in [2.45, 2.75) is 270 Å². The van der Waals surface area contributed by atoms with Crippen molar-refractivity contribution in [2.75, 3.05) is 5.75 Å². The molecule has 0 aromatic heterocycles. The van der Waals surface area contributed by atoms with Crippen LogP contribution in [0.25, 0.3) is 0 Å². The van der Waals surface area contributed by atoms with E-state index in [-0.39, 0.29) is 12.3 Å². The van der Waals surface area contributed by atoms with Gasteiger partial charge in [-0.1, -0.05) is 230 Å². The first-order chi connectivity index (χ1) is 27.8. The minimum atomic E-state index is -4.36. The molecule has 0 fully saturated rings. The lowest BCUT2D eigenvalue weighted by Gasteiger charge is -2.21. The minimum Gasteiger partial charge on any atom is -0.387 e. The van der Waals surface area contributed by atoms with Gasteiger partial charge in [0, 0.05) is 6.42 Å². The second-order valence-electron chi connectivity index (χ2n) is 17.1. The summed E-state index contributed by atoms with van der Waals surface area (Å²) in [7, 11) is -4.36. The molecule has 0 saturated heterocycles. The monoisotopic (exact) mass is 822 g/mol. The van der Waals surface area contributed by atoms with Gasteiger partial charge < -0.3 is 10.4 Å². The summed E-state index contributed by atoms with van der Waals surface area (Å²) >= 11 is 0. The van der Waals surface area contributed by atoms with Gasteiger partial charge in [0.15, 0.2) is 0 Å². The Balaban J connectivity index is 3.84. The molecule has 3 N–H and O–H groups in total. The number of rotatable bonds is 45. The molecule has 6 nitrogen and oxygen atoms in total. The van der Waals surface area contributed by atoms with Gasteiger partial charge in [-0.05, 0) is 57.8 Å². The van der Waals surface area contributed by atoms with Crippen LogP contribution in [0, 0.1) is 0 Å². The molecule has 336 valence electrons. The molecule has 0 saturated carbocycles. The predicted molar refractivity (Wildman–Crippen MR) is 249 cm³/mol. The van der Waals surface area contributed by atoms with E-state index in [9.17, 15) is 22.9 Å². The van der Waals surface area contributed by atoms with Gasteiger partial charge in [0.25, 0.3) is 10.1 Å². The van der Waals surface area contributed by atoms with E-state index in [1.165, 1.54) is 205 Å². The van der Waals surface area contributed by atoms with Crippen molar-refractivity contribution in [2.24, 2.45) is 0 Å². The smallest absolute Gasteiger partial charge is 0.267 e. The van der Waals surface area contributed by atoms with E-state index in [2.05, 4.69) is 43.5 Å². The lowest BCUT2D eigenvalue weighted by molar-refractivity contribution is -0.122. The van der Waals surface area contributed by atoms with Crippen LogP contribution in [0.1, 0.15) is 258 Å². The Labute approximate surface area is 355 Å². The Kier molecular flexibility index (Phi) is 43.0. The number of aliphatic hydroxyl groups excluding tert-OH is 1. The Morgan fingerprint density at radius 2 is 0.754 bits per heavy atom. The fraction of sp³-hybridized carbons (Fsp3) is 0.860. The van der Waals surface area contributed by atoms with E-state index >= 15 is 0 Å². The predicted octanol–water partition coefficient (Wildman–Crippen LogP) is 15.3. The molecule has 0 aliphatic heterocycles. The van der Waals surface area contributed by atoms with Gasteiger partial charge in [-0.15, -0.1) is 0 Å². The van der Waals surface area contributed by atoms with Crippen LogP contribution in [0.4, 0.5) is 0 Å². The second kappa shape index (κ2) is 44.1. The van der Waals surface area contributed by atoms with Crippen LogP contribution in [0.15, 0.2) is 36.5 Å². The summed E-state index contributed by atoms with van der Waals surface area (Å²) in [6, 6.07) is -1.07. The van der Waals surface area contributed by atoms with Crippen LogP contribution in [-0.4, -0.2) is 41.9 Å². The number of aliphatic hydroxyl groups is 1. The number of nitrogens with one attached hydrogen (secondary N) is 1. The van der Waals surface area contributed by atoms with Gasteiger partial charge in [-0.25, -0.2) is 0 Å². The number of unbranched alkanes of at least 4 members (excludes halogenated alkanes) is 33. The van der Waals surface area contributed by atoms with Crippen LogP contribution >= 0.6 is 0 Å². The van der Waals surface area contributed by atoms with Gasteiger partial charge in [0.1, 0.15) is 0 Å². The summed E-state index contributed by atoms with van der Waals surface area (Å²) in [4.78, 5) is 12.6. The fourth-order valence-electron chi connectivity index (χ4n) is 7.58. The molecule has 57 heavy (non-hydrogen) atoms. The maximum absolute atomic E-state index is 12.6. The number of hydrogen-bond donors (Lipinski definition) is 3. The molecule has 0 rings (SSSR count). The van der Waals surface area contributed by atoms with E-state index < -0.39 is 28.0 Å². The van der Waals surface area contributed by atoms with E-state index in [0.717, 1.165) is 38.5 Å².